The lowest BCUT2D eigenvalue weighted by molar-refractivity contribution is 0.318. The van der Waals surface area contributed by atoms with Gasteiger partial charge in [-0.25, -0.2) is 4.98 Å². The Bertz CT molecular complexity index is 981. The van der Waals surface area contributed by atoms with Gasteiger partial charge in [0.05, 0.1) is 18.3 Å². The fourth-order valence-corrected chi connectivity index (χ4v) is 2.99. The van der Waals surface area contributed by atoms with E-state index >= 15 is 0 Å². The normalized spacial score (nSPS) is 11.2. The summed E-state index contributed by atoms with van der Waals surface area (Å²) < 4.78 is 5.38. The minimum Gasteiger partial charge on any atom is -0.504 e. The van der Waals surface area contributed by atoms with Gasteiger partial charge in [-0.2, -0.15) is 5.10 Å². The van der Waals surface area contributed by atoms with Gasteiger partial charge in [0.15, 0.2) is 11.5 Å². The number of hydrazone groups is 1. The molecule has 5 heteroatoms. The molecule has 5 nitrogen and oxygen atoms in total. The maximum absolute atomic E-state index is 10.2. The summed E-state index contributed by atoms with van der Waals surface area (Å²) >= 11 is 0. The number of para-hydroxylation sites is 1. The lowest BCUT2D eigenvalue weighted by atomic mass is 10.0. The molecule has 0 aliphatic carbocycles. The molecule has 0 bridgehead atoms. The van der Waals surface area contributed by atoms with Crippen molar-refractivity contribution in [1.29, 1.82) is 0 Å². The molecule has 0 fully saturated rings. The summed E-state index contributed by atoms with van der Waals surface area (Å²) in [7, 11) is 0. The second-order valence-electron chi connectivity index (χ2n) is 6.30. The summed E-state index contributed by atoms with van der Waals surface area (Å²) in [6, 6.07) is 11.6. The van der Waals surface area contributed by atoms with Crippen molar-refractivity contribution in [2.45, 2.75) is 27.7 Å². The molecule has 0 saturated carbocycles. The SMILES string of the molecule is CCOc1cccc(C=NNc2cc(C)c3cc(C)cc(C)c3n2)c1O. The predicted molar refractivity (Wildman–Crippen MR) is 106 cm³/mol. The number of rotatable bonds is 5. The quantitative estimate of drug-likeness (QED) is 0.517. The molecular weight excluding hydrogens is 326 g/mol. The smallest absolute Gasteiger partial charge is 0.166 e. The molecule has 0 spiro atoms. The van der Waals surface area contributed by atoms with E-state index in [4.69, 9.17) is 4.74 Å². The second-order valence-corrected chi connectivity index (χ2v) is 6.30. The molecule has 0 atom stereocenters. The van der Waals surface area contributed by atoms with Gasteiger partial charge in [-0.3, -0.25) is 5.43 Å². The molecule has 0 aliphatic heterocycles. The topological polar surface area (TPSA) is 66.7 Å². The molecule has 0 unspecified atom stereocenters. The van der Waals surface area contributed by atoms with Crippen LogP contribution in [-0.4, -0.2) is 22.9 Å². The summed E-state index contributed by atoms with van der Waals surface area (Å²) in [5.74, 6) is 1.19. The number of pyridine rings is 1. The number of benzene rings is 2. The van der Waals surface area contributed by atoms with Gasteiger partial charge in [0.25, 0.3) is 0 Å². The second kappa shape index (κ2) is 7.44. The highest BCUT2D eigenvalue weighted by Gasteiger charge is 2.07. The van der Waals surface area contributed by atoms with Crippen molar-refractivity contribution in [3.63, 3.8) is 0 Å². The van der Waals surface area contributed by atoms with Crippen LogP contribution in [0.2, 0.25) is 0 Å². The van der Waals surface area contributed by atoms with Gasteiger partial charge >= 0.3 is 0 Å². The van der Waals surface area contributed by atoms with Gasteiger partial charge in [-0.15, -0.1) is 0 Å². The maximum atomic E-state index is 10.2. The number of fused-ring (bicyclic) bond motifs is 1. The van der Waals surface area contributed by atoms with Gasteiger partial charge in [0, 0.05) is 10.9 Å². The Morgan fingerprint density at radius 3 is 2.73 bits per heavy atom. The molecule has 2 N–H and O–H groups in total. The van der Waals surface area contributed by atoms with Crippen LogP contribution >= 0.6 is 0 Å². The third-order valence-corrected chi connectivity index (χ3v) is 4.17. The summed E-state index contributed by atoms with van der Waals surface area (Å²) in [6.07, 6.45) is 1.56. The standard InChI is InChI=1S/C21H23N3O2/c1-5-26-18-8-6-7-16(21(18)25)12-22-24-19-11-14(3)17-10-13(2)9-15(4)20(17)23-19/h6-12,25H,5H2,1-4H3,(H,23,24). The van der Waals surface area contributed by atoms with Crippen LogP contribution in [0.25, 0.3) is 10.9 Å². The van der Waals surface area contributed by atoms with E-state index < -0.39 is 0 Å². The van der Waals surface area contributed by atoms with Crippen molar-refractivity contribution in [3.05, 3.63) is 58.7 Å². The number of aromatic hydroxyl groups is 1. The number of ether oxygens (including phenoxy) is 1. The number of aromatic nitrogens is 1. The van der Waals surface area contributed by atoms with Gasteiger partial charge in [-0.05, 0) is 63.1 Å². The molecule has 26 heavy (non-hydrogen) atoms. The molecule has 2 aromatic carbocycles. The number of nitrogens with zero attached hydrogens (tertiary/aromatic N) is 2. The van der Waals surface area contributed by atoms with Crippen molar-refractivity contribution in [2.75, 3.05) is 12.0 Å². The largest absolute Gasteiger partial charge is 0.504 e. The molecule has 134 valence electrons. The van der Waals surface area contributed by atoms with Gasteiger partial charge < -0.3 is 9.84 Å². The van der Waals surface area contributed by atoms with E-state index in [1.165, 1.54) is 5.56 Å². The molecule has 1 heterocycles. The Kier molecular flexibility index (Phi) is 5.07. The zero-order valence-corrected chi connectivity index (χ0v) is 15.5. The van der Waals surface area contributed by atoms with Crippen LogP contribution in [0.15, 0.2) is 41.5 Å². The summed E-state index contributed by atoms with van der Waals surface area (Å²) in [4.78, 5) is 4.67. The van der Waals surface area contributed by atoms with Crippen molar-refractivity contribution in [1.82, 2.24) is 4.98 Å². The Morgan fingerprint density at radius 1 is 1.15 bits per heavy atom. The summed E-state index contributed by atoms with van der Waals surface area (Å²) in [5, 5.41) is 15.6. The van der Waals surface area contributed by atoms with Crippen LogP contribution in [0.5, 0.6) is 11.5 Å². The van der Waals surface area contributed by atoms with Crippen LogP contribution in [0.4, 0.5) is 5.82 Å². The number of hydrogen-bond donors (Lipinski definition) is 2. The fourth-order valence-electron chi connectivity index (χ4n) is 2.99. The molecule has 3 aromatic rings. The highest BCUT2D eigenvalue weighted by molar-refractivity contribution is 5.88. The first-order valence-corrected chi connectivity index (χ1v) is 8.62. The molecule has 0 saturated heterocycles. The highest BCUT2D eigenvalue weighted by Crippen LogP contribution is 2.29. The van der Waals surface area contributed by atoms with E-state index in [1.807, 2.05) is 19.1 Å². The molecular formula is C21H23N3O2. The maximum Gasteiger partial charge on any atom is 0.166 e. The highest BCUT2D eigenvalue weighted by atomic mass is 16.5. The number of phenols is 1. The van der Waals surface area contributed by atoms with E-state index in [-0.39, 0.29) is 5.75 Å². The molecule has 3 rings (SSSR count). The number of hydrogen-bond acceptors (Lipinski definition) is 5. The first-order chi connectivity index (χ1) is 12.5. The Balaban J connectivity index is 1.86. The third-order valence-electron chi connectivity index (χ3n) is 4.17. The molecule has 0 aliphatic rings. The van der Waals surface area contributed by atoms with Crippen molar-refractivity contribution < 1.29 is 9.84 Å². The van der Waals surface area contributed by atoms with Crippen LogP contribution in [0.1, 0.15) is 29.2 Å². The van der Waals surface area contributed by atoms with Gasteiger partial charge in [0.1, 0.15) is 5.82 Å². The number of anilines is 1. The molecule has 1 aromatic heterocycles. The van der Waals surface area contributed by atoms with Gasteiger partial charge in [-0.1, -0.05) is 17.7 Å². The van der Waals surface area contributed by atoms with E-state index in [9.17, 15) is 5.11 Å². The zero-order valence-electron chi connectivity index (χ0n) is 15.5. The first kappa shape index (κ1) is 17.7. The summed E-state index contributed by atoms with van der Waals surface area (Å²) in [6.45, 7) is 8.58. The molecule has 0 radical (unpaired) electrons. The predicted octanol–water partition coefficient (Wildman–Crippen LogP) is 4.71. The van der Waals surface area contributed by atoms with Crippen molar-refractivity contribution >= 4 is 22.9 Å². The van der Waals surface area contributed by atoms with Crippen molar-refractivity contribution in [2.24, 2.45) is 5.10 Å². The monoisotopic (exact) mass is 349 g/mol. The van der Waals surface area contributed by atoms with Crippen LogP contribution in [0, 0.1) is 20.8 Å². The zero-order chi connectivity index (χ0) is 18.7. The average molecular weight is 349 g/mol. The van der Waals surface area contributed by atoms with Crippen LogP contribution < -0.4 is 10.2 Å². The van der Waals surface area contributed by atoms with Crippen molar-refractivity contribution in [3.8, 4) is 11.5 Å². The van der Waals surface area contributed by atoms with Crippen LogP contribution in [-0.2, 0) is 0 Å². The first-order valence-electron chi connectivity index (χ1n) is 8.62. The average Bonchev–Trinajstić information content (AvgIpc) is 2.59. The minimum absolute atomic E-state index is 0.0777. The third kappa shape index (κ3) is 3.61. The van der Waals surface area contributed by atoms with Crippen LogP contribution in [0.3, 0.4) is 0 Å². The minimum atomic E-state index is 0.0777. The fraction of sp³-hybridized carbons (Fsp3) is 0.238. The lowest BCUT2D eigenvalue weighted by Gasteiger charge is -2.09. The Hall–Kier alpha value is -3.08. The van der Waals surface area contributed by atoms with E-state index in [0.29, 0.717) is 23.7 Å². The van der Waals surface area contributed by atoms with E-state index in [1.54, 1.807) is 18.3 Å². The number of aryl methyl sites for hydroxylation is 3. The van der Waals surface area contributed by atoms with E-state index in [2.05, 4.69) is 48.4 Å². The lowest BCUT2D eigenvalue weighted by Crippen LogP contribution is -1.98. The van der Waals surface area contributed by atoms with Gasteiger partial charge in [0.2, 0.25) is 0 Å². The number of nitrogens with one attached hydrogen (secondary N) is 1. The number of phenolic OH excluding ortho intramolecular Hbond substituents is 1. The van der Waals surface area contributed by atoms with E-state index in [0.717, 1.165) is 22.0 Å². The summed E-state index contributed by atoms with van der Waals surface area (Å²) in [5.41, 5.74) is 8.00. The Labute approximate surface area is 153 Å². The Morgan fingerprint density at radius 2 is 1.96 bits per heavy atom. The molecule has 0 amide bonds.